The van der Waals surface area contributed by atoms with Gasteiger partial charge in [0.05, 0.1) is 46.4 Å². The molecule has 7 aliphatic rings. The number of ether oxygens (including phenoxy) is 1. The fourth-order valence-corrected chi connectivity index (χ4v) is 17.6. The van der Waals surface area contributed by atoms with E-state index in [1.165, 1.54) is 72.1 Å². The summed E-state index contributed by atoms with van der Waals surface area (Å²) < 4.78 is 64.1. The lowest BCUT2D eigenvalue weighted by atomic mass is 9.72. The van der Waals surface area contributed by atoms with E-state index in [2.05, 4.69) is 61.9 Å². The molecule has 0 aliphatic carbocycles. The molecule has 6 aromatic rings. The van der Waals surface area contributed by atoms with E-state index in [0.717, 1.165) is 21.6 Å². The topological polar surface area (TPSA) is 640 Å². The van der Waals surface area contributed by atoms with Crippen LogP contribution in [0, 0.1) is 0 Å². The number of nitrogens with one attached hydrogen (secondary N) is 8. The number of benzene rings is 5. The maximum atomic E-state index is 13.1. The van der Waals surface area contributed by atoms with Crippen LogP contribution in [0.3, 0.4) is 0 Å². The number of Topliss-reactive ketones (excluding diaryl/α,β-unsaturated/α-hetero) is 6. The first-order valence-corrected chi connectivity index (χ1v) is 48.9. The van der Waals surface area contributed by atoms with E-state index in [-0.39, 0.29) is 139 Å². The van der Waals surface area contributed by atoms with Crippen LogP contribution in [-0.4, -0.2) is 272 Å². The highest BCUT2D eigenvalue weighted by Gasteiger charge is 2.44. The van der Waals surface area contributed by atoms with E-state index < -0.39 is 130 Å². The molecule has 1 aromatic heterocycles. The molecule has 142 heavy (non-hydrogen) atoms. The van der Waals surface area contributed by atoms with Gasteiger partial charge in [-0.25, -0.2) is 32.5 Å². The normalized spacial score (nSPS) is 22.0. The Bertz CT molecular complexity index is 5210. The Morgan fingerprint density at radius 3 is 1.33 bits per heavy atom. The molecule has 0 spiro atoms. The number of piperazine rings is 1. The second kappa shape index (κ2) is 59.3. The zero-order chi connectivity index (χ0) is 104. The Labute approximate surface area is 829 Å². The molecule has 5 aromatic carbocycles. The summed E-state index contributed by atoms with van der Waals surface area (Å²) in [5, 5.41) is 83.7. The zero-order valence-corrected chi connectivity index (χ0v) is 81.7. The standard InChI is InChI=1S/C20H25BN4O7.C15H21BN2O4.C15H21BN2O3.C15H20BNO5.C13H19BN4O5S.C13H18BNO5S/c1-12(26)11-14-7-8-15(21(31)32-14)23-17(27)16(13-5-3-2-4-6-13)24-20(30)25-10-9-22-18(28)19(25)29;1-11(19)9-13-7-8-14(16(21)22-13)18-15(20)17-10-12-5-3-2-4-6-12;1-11(19)9-13-7-8-14(16(20)21-13)18-15(17)10-12-5-3-2-4-6-12;1-11(18)9-13-7-8-14(16(20)22-13)17-15(19)21-10-12-5-3-2-4-6-12;1-7(19)5-8-3-4-10(14(21)23-8)17-12(20)11(18-22-2)9-6-24-13(15)16-9;1-10(16)9-11-7-8-13(14(17)20-11)15-21(18,19)12-5-3-2-4-6-12/h2-6,14-16,31H,7-11H2,1H3,(H,22,28)(H,23,27)(H,24,30);2-6,13-14,21H,7-10H2,1H3,(H2,17,18,20);2-6,13-14,20H,7-10H2,1H3,(H2,17,18);2-6,13-14,20H,7-10H2,1H3,(H,17,19);6,8,10,21H,3-5H2,1-2H3,(H2,15,16)(H,17,20);2-6,11,13,15,17H,7-9H2,1H3/b;;;;18-11-;/t14-,15-,16+;3*13-,14-;8-,10-;11-,13-/m000000/s1. The summed E-state index contributed by atoms with van der Waals surface area (Å²) in [5.74, 6) is -5.94. The van der Waals surface area contributed by atoms with Gasteiger partial charge in [-0.15, -0.1) is 11.3 Å². The maximum Gasteiger partial charge on any atom is 0.480 e. The number of carbonyl (C=O) groups is 13. The number of anilines is 1. The predicted octanol–water partition coefficient (Wildman–Crippen LogP) is 2.93. The summed E-state index contributed by atoms with van der Waals surface area (Å²) in [7, 11) is -9.33. The molecule has 7 saturated heterocycles. The summed E-state index contributed by atoms with van der Waals surface area (Å²) in [6.07, 6.45) is 6.25. The number of thiazole rings is 1. The fourth-order valence-electron chi connectivity index (χ4n) is 15.8. The van der Waals surface area contributed by atoms with E-state index in [1.807, 2.05) is 91.0 Å². The molecule has 762 valence electrons. The number of sulfonamides is 1. The van der Waals surface area contributed by atoms with E-state index in [1.54, 1.807) is 53.9 Å². The van der Waals surface area contributed by atoms with Crippen molar-refractivity contribution in [1.82, 2.24) is 51.8 Å². The van der Waals surface area contributed by atoms with Gasteiger partial charge in [0, 0.05) is 107 Å². The second-order valence-electron chi connectivity index (χ2n) is 34.8. The van der Waals surface area contributed by atoms with Crippen LogP contribution in [0.2, 0.25) is 0 Å². The number of hydrogen-bond donors (Lipinski definition) is 16. The van der Waals surface area contributed by atoms with Gasteiger partial charge in [0.15, 0.2) is 10.8 Å². The van der Waals surface area contributed by atoms with Gasteiger partial charge in [0.25, 0.3) is 5.91 Å². The number of urea groups is 2. The van der Waals surface area contributed by atoms with Crippen molar-refractivity contribution >= 4 is 157 Å². The summed E-state index contributed by atoms with van der Waals surface area (Å²) in [4.78, 5) is 166. The first-order chi connectivity index (χ1) is 67.7. The van der Waals surface area contributed by atoms with Crippen molar-refractivity contribution in [3.8, 4) is 0 Å². The number of hydrogen-bond acceptors (Lipinski definition) is 34. The number of aromatic nitrogens is 1. The third-order valence-electron chi connectivity index (χ3n) is 22.7. The van der Waals surface area contributed by atoms with Gasteiger partial charge in [-0.05, 0) is 153 Å². The minimum atomic E-state index is -3.69. The van der Waals surface area contributed by atoms with Gasteiger partial charge in [-0.1, -0.05) is 145 Å². The molecular formula is C91H124B6N14O29S2. The number of alkyl carbamates (subject to hydrolysis) is 1. The highest BCUT2D eigenvalue weighted by Crippen LogP contribution is 2.28. The summed E-state index contributed by atoms with van der Waals surface area (Å²) >= 11 is 1.17. The smallest absolute Gasteiger partial charge is 0.445 e. The molecule has 0 radical (unpaired) electrons. The number of nitrogens with zero attached hydrogens (tertiary/aromatic N) is 4. The fraction of sp³-hybridized carbons (Fsp3) is 0.473. The average Bonchev–Trinajstić information content (AvgIpc) is 1.13. The van der Waals surface area contributed by atoms with Crippen LogP contribution in [0.5, 0.6) is 0 Å². The molecule has 9 amide bonds. The average molecular weight is 2010 g/mol. The SMILES string of the molecule is CC(=O)C[C@@H]1CC[C@H](N=C(N)Cc2ccccc2)B(O)O1.CC(=O)C[C@@H]1CC[C@H](NC(=O)NCc2ccccc2)B(O)O1.CC(=O)C[C@@H]1CC[C@H](NC(=O)OCc2ccccc2)B(O)O1.CC(=O)C[C@@H]1CC[C@H](NC(=O)[C@H](NC(=O)N2CCNC(=O)C2=O)c2ccccc2)B(O)O1.CC(=O)C[C@@H]1CC[C@H](NS(=O)(=O)c2ccccc2)B(O)O1.CO/N=C(\C(=O)N[C@H]1CC[C@@H](CC(C)=O)OB1O)c1csc(N)n1. The molecule has 43 nitrogen and oxygen atoms in total. The Morgan fingerprint density at radius 1 is 0.514 bits per heavy atom. The molecule has 13 atom stereocenters. The lowest BCUT2D eigenvalue weighted by molar-refractivity contribution is -0.146. The Balaban J connectivity index is 0.000000210. The molecular weight excluding hydrogens is 1880 g/mol. The lowest BCUT2D eigenvalue weighted by Gasteiger charge is -2.32. The minimum Gasteiger partial charge on any atom is -0.445 e. The zero-order valence-electron chi connectivity index (χ0n) is 80.1. The van der Waals surface area contributed by atoms with E-state index >= 15 is 0 Å². The van der Waals surface area contributed by atoms with Gasteiger partial charge >= 0.3 is 72.7 Å². The number of nitrogen functional groups attached to an aromatic ring is 1. The van der Waals surface area contributed by atoms with Crippen molar-refractivity contribution in [3.05, 3.63) is 185 Å². The van der Waals surface area contributed by atoms with E-state index in [9.17, 15) is 101 Å². The first kappa shape index (κ1) is 115. The number of carbonyl (C=O) groups excluding carboxylic acids is 13. The van der Waals surface area contributed by atoms with Crippen molar-refractivity contribution in [2.75, 3.05) is 25.9 Å². The van der Waals surface area contributed by atoms with Gasteiger partial charge in [-0.3, -0.25) is 57.8 Å². The molecule has 8 heterocycles. The van der Waals surface area contributed by atoms with Crippen molar-refractivity contribution in [3.63, 3.8) is 0 Å². The lowest BCUT2D eigenvalue weighted by Crippen LogP contribution is -2.59. The number of imide groups is 1. The number of nitrogens with two attached hydrogens (primary N) is 2. The molecule has 7 fully saturated rings. The first-order valence-electron chi connectivity index (χ1n) is 46.5. The highest BCUT2D eigenvalue weighted by atomic mass is 32.2. The number of rotatable bonds is 32. The van der Waals surface area contributed by atoms with Gasteiger partial charge in [0.1, 0.15) is 60.2 Å². The minimum absolute atomic E-state index is 0.00896. The molecule has 0 saturated carbocycles. The quantitative estimate of drug-likeness (QED) is 0.00949. The summed E-state index contributed by atoms with van der Waals surface area (Å²) in [5.41, 5.74) is 15.2. The van der Waals surface area contributed by atoms with Crippen LogP contribution in [0.25, 0.3) is 0 Å². The Hall–Kier alpha value is -11.8. The molecule has 18 N–H and O–H groups in total. The third-order valence-corrected chi connectivity index (χ3v) is 24.9. The van der Waals surface area contributed by atoms with Crippen molar-refractivity contribution in [2.45, 2.75) is 260 Å². The van der Waals surface area contributed by atoms with Crippen LogP contribution >= 0.6 is 11.3 Å². The molecule has 13 rings (SSSR count). The number of amides is 9. The number of ketones is 6. The largest absolute Gasteiger partial charge is 0.480 e. The maximum absolute atomic E-state index is 13.1. The predicted molar refractivity (Wildman–Crippen MR) is 526 cm³/mol. The van der Waals surface area contributed by atoms with Crippen molar-refractivity contribution < 1.29 is 138 Å². The Morgan fingerprint density at radius 2 is 0.908 bits per heavy atom. The monoisotopic (exact) mass is 2010 g/mol. The molecule has 51 heteroatoms. The van der Waals surface area contributed by atoms with Crippen LogP contribution in [0.15, 0.2) is 172 Å². The third kappa shape index (κ3) is 40.9. The van der Waals surface area contributed by atoms with Crippen LogP contribution in [-0.2, 0) is 115 Å². The summed E-state index contributed by atoms with van der Waals surface area (Å²) in [6, 6.07) is 42.7. The molecule has 0 bridgehead atoms. The molecule has 7 aliphatic heterocycles. The number of amidine groups is 1. The van der Waals surface area contributed by atoms with Crippen molar-refractivity contribution in [2.24, 2.45) is 15.9 Å². The van der Waals surface area contributed by atoms with Crippen LogP contribution in [0.1, 0.15) is 191 Å². The van der Waals surface area contributed by atoms with Crippen molar-refractivity contribution in [1.29, 1.82) is 0 Å². The number of aliphatic imine (C=N–C) groups is 1. The van der Waals surface area contributed by atoms with Crippen LogP contribution in [0.4, 0.5) is 19.5 Å². The molecule has 0 unspecified atom stereocenters. The van der Waals surface area contributed by atoms with E-state index in [4.69, 9.17) is 44.1 Å². The van der Waals surface area contributed by atoms with Gasteiger partial charge in [0.2, 0.25) is 15.9 Å². The van der Waals surface area contributed by atoms with Crippen LogP contribution < -0.4 is 53.4 Å². The Kier molecular flexibility index (Phi) is 48.2. The van der Waals surface area contributed by atoms with Gasteiger partial charge < -0.3 is 116 Å². The van der Waals surface area contributed by atoms with Gasteiger partial charge in [-0.2, -0.15) is 0 Å². The highest BCUT2D eigenvalue weighted by molar-refractivity contribution is 7.89. The number of oxime groups is 1. The van der Waals surface area contributed by atoms with E-state index in [0.29, 0.717) is 119 Å². The summed E-state index contributed by atoms with van der Waals surface area (Å²) in [6.45, 7) is 9.56. The second-order valence-corrected chi connectivity index (χ2v) is 37.4.